The minimum Gasteiger partial charge on any atom is -0.387 e. The van der Waals surface area contributed by atoms with Gasteiger partial charge in [0.25, 0.3) is 0 Å². The molecule has 0 saturated heterocycles. The van der Waals surface area contributed by atoms with Crippen LogP contribution in [-0.2, 0) is 0 Å². The first-order valence-corrected chi connectivity index (χ1v) is 7.61. The molecule has 118 valence electrons. The van der Waals surface area contributed by atoms with Crippen molar-refractivity contribution in [1.82, 2.24) is 5.32 Å². The van der Waals surface area contributed by atoms with Crippen LogP contribution in [0.3, 0.4) is 0 Å². The molecule has 4 N–H and O–H groups in total. The third-order valence-corrected chi connectivity index (χ3v) is 2.94. The second kappa shape index (κ2) is 9.86. The number of nitrogens with two attached hydrogens (primary N) is 1. The van der Waals surface area contributed by atoms with Crippen molar-refractivity contribution in [1.29, 1.82) is 5.41 Å². The first kappa shape index (κ1) is 18.1. The van der Waals surface area contributed by atoms with E-state index in [2.05, 4.69) is 17.2 Å². The average Bonchev–Trinajstić information content (AvgIpc) is 2.61. The monoisotopic (exact) mass is 305 g/mol. The van der Waals surface area contributed by atoms with Crippen LogP contribution in [0.4, 0.5) is 0 Å². The van der Waals surface area contributed by atoms with Gasteiger partial charge in [0.1, 0.15) is 5.84 Å². The second-order valence-electron chi connectivity index (χ2n) is 4.40. The van der Waals surface area contributed by atoms with Gasteiger partial charge in [0.05, 0.1) is 11.3 Å². The molecular weight excluding hydrogens is 282 g/mol. The normalized spacial score (nSPS) is 10.2. The molecule has 2 aromatic rings. The summed E-state index contributed by atoms with van der Waals surface area (Å²) in [6, 6.07) is 19.4. The molecule has 0 radical (unpaired) electrons. The van der Waals surface area contributed by atoms with Crippen LogP contribution >= 0.6 is 0 Å². The molecule has 23 heavy (non-hydrogen) atoms. The predicted octanol–water partition coefficient (Wildman–Crippen LogP) is 3.63. The molecule has 0 bridgehead atoms. The van der Waals surface area contributed by atoms with Crippen molar-refractivity contribution in [2.45, 2.75) is 13.8 Å². The largest absolute Gasteiger partial charge is 0.387 e. The maximum Gasteiger partial charge on any atom is 0.133 e. The van der Waals surface area contributed by atoms with Crippen LogP contribution in [0.5, 0.6) is 0 Å². The maximum absolute atomic E-state index is 7.78. The minimum absolute atomic E-state index is 0.0494. The van der Waals surface area contributed by atoms with Gasteiger partial charge in [0, 0.05) is 12.6 Å². The van der Waals surface area contributed by atoms with E-state index in [0.717, 1.165) is 16.8 Å². The zero-order valence-corrected chi connectivity index (χ0v) is 13.9. The van der Waals surface area contributed by atoms with Crippen molar-refractivity contribution in [3.63, 3.8) is 0 Å². The molecule has 0 fully saturated rings. The topological polar surface area (TPSA) is 61.9 Å². The Bertz CT molecular complexity index is 705. The van der Waals surface area contributed by atoms with Crippen LogP contribution < -0.4 is 11.1 Å². The Morgan fingerprint density at radius 2 is 1.48 bits per heavy atom. The van der Waals surface area contributed by atoms with Crippen molar-refractivity contribution >= 4 is 11.5 Å². The summed E-state index contributed by atoms with van der Waals surface area (Å²) in [5.41, 5.74) is 8.79. The molecule has 0 aliphatic rings. The summed E-state index contributed by atoms with van der Waals surface area (Å²) < 4.78 is 0. The first-order valence-electron chi connectivity index (χ1n) is 7.61. The van der Waals surface area contributed by atoms with Crippen molar-refractivity contribution in [2.75, 3.05) is 7.05 Å². The lowest BCUT2D eigenvalue weighted by molar-refractivity contribution is 1.12. The van der Waals surface area contributed by atoms with Gasteiger partial charge in [0.2, 0.25) is 0 Å². The van der Waals surface area contributed by atoms with Gasteiger partial charge in [-0.05, 0) is 17.7 Å². The van der Waals surface area contributed by atoms with E-state index in [-0.39, 0.29) is 5.84 Å². The Hall–Kier alpha value is -2.99. The summed E-state index contributed by atoms with van der Waals surface area (Å²) >= 11 is 0. The van der Waals surface area contributed by atoms with Crippen LogP contribution in [0.1, 0.15) is 25.0 Å². The molecule has 0 amide bonds. The Labute approximate surface area is 138 Å². The quantitative estimate of drug-likeness (QED) is 0.460. The molecule has 3 nitrogen and oxygen atoms in total. The number of hydrogen-bond acceptors (Lipinski definition) is 2. The number of benzene rings is 2. The minimum atomic E-state index is -0.0494. The van der Waals surface area contributed by atoms with Crippen molar-refractivity contribution in [3.8, 4) is 11.8 Å². The van der Waals surface area contributed by atoms with Gasteiger partial charge in [-0.3, -0.25) is 5.41 Å². The highest BCUT2D eigenvalue weighted by molar-refractivity contribution is 6.06. The van der Waals surface area contributed by atoms with Crippen LogP contribution in [-0.4, -0.2) is 12.9 Å². The smallest absolute Gasteiger partial charge is 0.133 e. The number of nitrogens with one attached hydrogen (secondary N) is 2. The Balaban J connectivity index is 0.00000127. The molecule has 0 atom stereocenters. The van der Waals surface area contributed by atoms with Gasteiger partial charge in [-0.15, -0.1) is 0 Å². The van der Waals surface area contributed by atoms with E-state index in [4.69, 9.17) is 11.1 Å². The second-order valence-corrected chi connectivity index (χ2v) is 4.40. The molecule has 0 unspecified atom stereocenters. The molecule has 2 rings (SSSR count). The molecule has 0 saturated carbocycles. The standard InChI is InChI=1S/C18H17N3.C2H6/c1-21-17(15-10-6-3-7-11-15)16(18(19)20)13-12-14-8-4-2-5-9-14;1-2/h2-11,21H,1H3,(H3,19,20);1-2H3/b17-16-;. The highest BCUT2D eigenvalue weighted by atomic mass is 14.8. The Morgan fingerprint density at radius 3 is 1.96 bits per heavy atom. The van der Waals surface area contributed by atoms with Crippen LogP contribution in [0.15, 0.2) is 66.2 Å². The third-order valence-electron chi connectivity index (χ3n) is 2.94. The fourth-order valence-electron chi connectivity index (χ4n) is 1.94. The van der Waals surface area contributed by atoms with E-state index in [0.29, 0.717) is 5.57 Å². The van der Waals surface area contributed by atoms with E-state index < -0.39 is 0 Å². The predicted molar refractivity (Wildman–Crippen MR) is 99.0 cm³/mol. The number of rotatable bonds is 3. The van der Waals surface area contributed by atoms with E-state index in [9.17, 15) is 0 Å². The summed E-state index contributed by atoms with van der Waals surface area (Å²) in [6.45, 7) is 4.00. The van der Waals surface area contributed by atoms with Gasteiger partial charge < -0.3 is 11.1 Å². The third kappa shape index (κ3) is 5.37. The van der Waals surface area contributed by atoms with Gasteiger partial charge in [-0.1, -0.05) is 74.2 Å². The zero-order chi connectivity index (χ0) is 17.1. The molecule has 2 aromatic carbocycles. The summed E-state index contributed by atoms with van der Waals surface area (Å²) in [7, 11) is 1.80. The zero-order valence-electron chi connectivity index (χ0n) is 13.9. The van der Waals surface area contributed by atoms with Crippen LogP contribution in [0, 0.1) is 17.3 Å². The molecule has 3 heteroatoms. The Morgan fingerprint density at radius 1 is 0.957 bits per heavy atom. The van der Waals surface area contributed by atoms with Gasteiger partial charge >= 0.3 is 0 Å². The summed E-state index contributed by atoms with van der Waals surface area (Å²) in [5.74, 6) is 6.00. The highest BCUT2D eigenvalue weighted by Crippen LogP contribution is 2.15. The average molecular weight is 305 g/mol. The van der Waals surface area contributed by atoms with Crippen LogP contribution in [0.25, 0.3) is 5.70 Å². The van der Waals surface area contributed by atoms with Crippen molar-refractivity contribution in [2.24, 2.45) is 5.73 Å². The van der Waals surface area contributed by atoms with E-state index in [1.807, 2.05) is 74.5 Å². The molecule has 0 aromatic heterocycles. The van der Waals surface area contributed by atoms with E-state index in [1.165, 1.54) is 0 Å². The highest BCUT2D eigenvalue weighted by Gasteiger charge is 2.08. The first-order chi connectivity index (χ1) is 11.2. The number of hydrogen-bond donors (Lipinski definition) is 3. The lowest BCUT2D eigenvalue weighted by atomic mass is 10.1. The SMILES string of the molecule is CC.CN/C(=C(/C#Cc1ccccc1)C(=N)N)c1ccccc1. The van der Waals surface area contributed by atoms with E-state index in [1.54, 1.807) is 7.05 Å². The van der Waals surface area contributed by atoms with Crippen molar-refractivity contribution in [3.05, 3.63) is 77.4 Å². The summed E-state index contributed by atoms with van der Waals surface area (Å²) in [6.07, 6.45) is 0. The molecular formula is C20H23N3. The lowest BCUT2D eigenvalue weighted by Gasteiger charge is -2.10. The maximum atomic E-state index is 7.78. The van der Waals surface area contributed by atoms with Gasteiger partial charge in [-0.2, -0.15) is 0 Å². The molecule has 0 aliphatic heterocycles. The fourth-order valence-corrected chi connectivity index (χ4v) is 1.94. The lowest BCUT2D eigenvalue weighted by Crippen LogP contribution is -2.18. The summed E-state index contributed by atoms with van der Waals surface area (Å²) in [5, 5.41) is 10.9. The Kier molecular flexibility index (Phi) is 7.74. The molecule has 0 aliphatic carbocycles. The molecule has 0 heterocycles. The van der Waals surface area contributed by atoms with E-state index >= 15 is 0 Å². The van der Waals surface area contributed by atoms with Crippen molar-refractivity contribution < 1.29 is 0 Å². The summed E-state index contributed by atoms with van der Waals surface area (Å²) in [4.78, 5) is 0. The fraction of sp³-hybridized carbons (Fsp3) is 0.150. The van der Waals surface area contributed by atoms with Gasteiger partial charge in [-0.25, -0.2) is 0 Å². The number of amidine groups is 1. The molecule has 0 spiro atoms. The van der Waals surface area contributed by atoms with Gasteiger partial charge in [0.15, 0.2) is 0 Å². The van der Waals surface area contributed by atoms with Crippen LogP contribution in [0.2, 0.25) is 0 Å².